The molecule has 0 aliphatic rings. The van der Waals surface area contributed by atoms with Crippen LogP contribution in [0.25, 0.3) is 0 Å². The Bertz CT molecular complexity index is 404. The Morgan fingerprint density at radius 3 is 2.47 bits per heavy atom. The van der Waals surface area contributed by atoms with Crippen LogP contribution in [0.1, 0.15) is 15.9 Å². The highest BCUT2D eigenvalue weighted by Gasteiger charge is 2.15. The summed E-state index contributed by atoms with van der Waals surface area (Å²) in [6, 6.07) is 5.42. The van der Waals surface area contributed by atoms with Gasteiger partial charge in [-0.25, -0.2) is 0 Å². The Labute approximate surface area is 108 Å². The second-order valence-corrected chi connectivity index (χ2v) is 4.85. The van der Waals surface area contributed by atoms with Crippen LogP contribution in [0.4, 0.5) is 0 Å². The van der Waals surface area contributed by atoms with E-state index in [1.807, 2.05) is 40.2 Å². The Morgan fingerprint density at radius 1 is 1.24 bits per heavy atom. The minimum atomic E-state index is 0.0202. The summed E-state index contributed by atoms with van der Waals surface area (Å²) in [5, 5.41) is 0.636. The molecular weight excluding hydrogens is 236 g/mol. The van der Waals surface area contributed by atoms with Crippen molar-refractivity contribution in [1.82, 2.24) is 9.80 Å². The molecule has 17 heavy (non-hydrogen) atoms. The van der Waals surface area contributed by atoms with Crippen LogP contribution < -0.4 is 0 Å². The van der Waals surface area contributed by atoms with E-state index in [4.69, 9.17) is 11.6 Å². The van der Waals surface area contributed by atoms with Gasteiger partial charge in [-0.15, -0.1) is 0 Å². The predicted octanol–water partition coefficient (Wildman–Crippen LogP) is 2.28. The predicted molar refractivity (Wildman–Crippen MR) is 71.7 cm³/mol. The van der Waals surface area contributed by atoms with Gasteiger partial charge < -0.3 is 9.80 Å². The molecule has 0 aromatic heterocycles. The van der Waals surface area contributed by atoms with Gasteiger partial charge in [-0.1, -0.05) is 17.7 Å². The van der Waals surface area contributed by atoms with E-state index in [-0.39, 0.29) is 5.91 Å². The van der Waals surface area contributed by atoms with Crippen LogP contribution in [0, 0.1) is 6.92 Å². The third-order valence-electron chi connectivity index (χ3n) is 2.73. The van der Waals surface area contributed by atoms with E-state index in [1.165, 1.54) is 0 Å². The second-order valence-electron chi connectivity index (χ2n) is 4.44. The quantitative estimate of drug-likeness (QED) is 0.823. The van der Waals surface area contributed by atoms with Gasteiger partial charge in [-0.05, 0) is 38.7 Å². The van der Waals surface area contributed by atoms with Crippen LogP contribution in [0.2, 0.25) is 5.02 Å². The fraction of sp³-hybridized carbons (Fsp3) is 0.462. The molecule has 0 atom stereocenters. The van der Waals surface area contributed by atoms with Crippen LogP contribution in [-0.4, -0.2) is 49.9 Å². The van der Waals surface area contributed by atoms with Crippen molar-refractivity contribution < 1.29 is 4.79 Å². The molecule has 3 nitrogen and oxygen atoms in total. The molecule has 0 saturated carbocycles. The average Bonchev–Trinajstić information content (AvgIpc) is 2.28. The first-order valence-corrected chi connectivity index (χ1v) is 5.96. The molecule has 0 radical (unpaired) electrons. The van der Waals surface area contributed by atoms with Gasteiger partial charge in [-0.3, -0.25) is 4.79 Å². The van der Waals surface area contributed by atoms with Crippen molar-refractivity contribution in [2.75, 3.05) is 34.2 Å². The number of carbonyl (C=O) groups is 1. The first kappa shape index (κ1) is 14.0. The second kappa shape index (κ2) is 6.03. The largest absolute Gasteiger partial charge is 0.340 e. The lowest BCUT2D eigenvalue weighted by Crippen LogP contribution is -2.33. The molecule has 0 saturated heterocycles. The number of halogens is 1. The minimum absolute atomic E-state index is 0.0202. The number of amides is 1. The number of hydrogen-bond donors (Lipinski definition) is 0. The fourth-order valence-corrected chi connectivity index (χ4v) is 1.67. The molecule has 0 unspecified atom stereocenters. The number of likely N-dealkylation sites (N-methyl/N-ethyl adjacent to an activating group) is 2. The van der Waals surface area contributed by atoms with Crippen molar-refractivity contribution in [1.29, 1.82) is 0 Å². The summed E-state index contributed by atoms with van der Waals surface area (Å²) in [5.74, 6) is 0.0202. The van der Waals surface area contributed by atoms with Crippen molar-refractivity contribution in [3.63, 3.8) is 0 Å². The molecule has 0 aliphatic carbocycles. The summed E-state index contributed by atoms with van der Waals surface area (Å²) in [5.41, 5.74) is 1.52. The van der Waals surface area contributed by atoms with Crippen molar-refractivity contribution in [3.8, 4) is 0 Å². The van der Waals surface area contributed by atoms with Crippen LogP contribution in [0.5, 0.6) is 0 Å². The van der Waals surface area contributed by atoms with E-state index in [0.29, 0.717) is 17.1 Å². The van der Waals surface area contributed by atoms with Gasteiger partial charge in [0.15, 0.2) is 0 Å². The molecule has 0 N–H and O–H groups in total. The fourth-order valence-electron chi connectivity index (χ4n) is 1.50. The summed E-state index contributed by atoms with van der Waals surface area (Å²) < 4.78 is 0. The lowest BCUT2D eigenvalue weighted by molar-refractivity contribution is 0.0785. The first-order valence-electron chi connectivity index (χ1n) is 5.58. The summed E-state index contributed by atoms with van der Waals surface area (Å²) in [4.78, 5) is 16.0. The van der Waals surface area contributed by atoms with E-state index >= 15 is 0 Å². The monoisotopic (exact) mass is 254 g/mol. The third kappa shape index (κ3) is 3.72. The lowest BCUT2D eigenvalue weighted by atomic mass is 10.1. The Balaban J connectivity index is 2.78. The smallest absolute Gasteiger partial charge is 0.253 e. The standard InChI is InChI=1S/C13H19ClN2O/c1-10-11(6-5-7-12(10)14)13(17)16(4)9-8-15(2)3/h5-7H,8-9H2,1-4H3. The Hall–Kier alpha value is -1.06. The molecule has 0 fully saturated rings. The molecule has 1 amide bonds. The SMILES string of the molecule is Cc1c(Cl)cccc1C(=O)N(C)CCN(C)C. The lowest BCUT2D eigenvalue weighted by Gasteiger charge is -2.20. The van der Waals surface area contributed by atoms with Crippen LogP contribution in [0.3, 0.4) is 0 Å². The molecule has 1 rings (SSSR count). The van der Waals surface area contributed by atoms with Gasteiger partial charge in [0, 0.05) is 30.7 Å². The van der Waals surface area contributed by atoms with E-state index in [1.54, 1.807) is 11.0 Å². The van der Waals surface area contributed by atoms with Crippen molar-refractivity contribution >= 4 is 17.5 Å². The highest BCUT2D eigenvalue weighted by Crippen LogP contribution is 2.19. The minimum Gasteiger partial charge on any atom is -0.340 e. The molecular formula is C13H19ClN2O. The number of benzene rings is 1. The molecule has 94 valence electrons. The summed E-state index contributed by atoms with van der Waals surface area (Å²) >= 11 is 6.01. The highest BCUT2D eigenvalue weighted by molar-refractivity contribution is 6.31. The normalized spacial score (nSPS) is 10.7. The van der Waals surface area contributed by atoms with Crippen LogP contribution in [0.15, 0.2) is 18.2 Å². The number of hydrogen-bond acceptors (Lipinski definition) is 2. The van der Waals surface area contributed by atoms with E-state index in [9.17, 15) is 4.79 Å². The summed E-state index contributed by atoms with van der Waals surface area (Å²) in [6.07, 6.45) is 0. The molecule has 0 spiro atoms. The summed E-state index contributed by atoms with van der Waals surface area (Å²) in [7, 11) is 5.79. The zero-order valence-electron chi connectivity index (χ0n) is 10.8. The van der Waals surface area contributed by atoms with Gasteiger partial charge >= 0.3 is 0 Å². The first-order chi connectivity index (χ1) is 7.93. The molecule has 0 heterocycles. The highest BCUT2D eigenvalue weighted by atomic mass is 35.5. The van der Waals surface area contributed by atoms with Crippen LogP contribution in [-0.2, 0) is 0 Å². The summed E-state index contributed by atoms with van der Waals surface area (Å²) in [6.45, 7) is 3.43. The maximum Gasteiger partial charge on any atom is 0.253 e. The van der Waals surface area contributed by atoms with Gasteiger partial charge in [-0.2, -0.15) is 0 Å². The van der Waals surface area contributed by atoms with E-state index in [2.05, 4.69) is 4.90 Å². The molecule has 0 bridgehead atoms. The van der Waals surface area contributed by atoms with Crippen molar-refractivity contribution in [2.24, 2.45) is 0 Å². The van der Waals surface area contributed by atoms with Gasteiger partial charge in [0.05, 0.1) is 0 Å². The van der Waals surface area contributed by atoms with Gasteiger partial charge in [0.1, 0.15) is 0 Å². The van der Waals surface area contributed by atoms with Crippen LogP contribution >= 0.6 is 11.6 Å². The molecule has 4 heteroatoms. The van der Waals surface area contributed by atoms with Gasteiger partial charge in [0.2, 0.25) is 0 Å². The zero-order valence-corrected chi connectivity index (χ0v) is 11.6. The number of carbonyl (C=O) groups excluding carboxylic acids is 1. The number of rotatable bonds is 4. The molecule has 0 aliphatic heterocycles. The Morgan fingerprint density at radius 2 is 1.88 bits per heavy atom. The average molecular weight is 255 g/mol. The van der Waals surface area contributed by atoms with Crippen molar-refractivity contribution in [3.05, 3.63) is 34.3 Å². The van der Waals surface area contributed by atoms with Gasteiger partial charge in [0.25, 0.3) is 5.91 Å². The number of nitrogens with zero attached hydrogens (tertiary/aromatic N) is 2. The maximum atomic E-state index is 12.2. The third-order valence-corrected chi connectivity index (χ3v) is 3.14. The zero-order chi connectivity index (χ0) is 13.0. The molecule has 1 aromatic rings. The van der Waals surface area contributed by atoms with E-state index in [0.717, 1.165) is 12.1 Å². The Kier molecular flexibility index (Phi) is 4.97. The maximum absolute atomic E-state index is 12.2. The topological polar surface area (TPSA) is 23.6 Å². The van der Waals surface area contributed by atoms with E-state index < -0.39 is 0 Å². The molecule has 1 aromatic carbocycles. The van der Waals surface area contributed by atoms with Crippen molar-refractivity contribution in [2.45, 2.75) is 6.92 Å².